The van der Waals surface area contributed by atoms with Gasteiger partial charge in [-0.2, -0.15) is 0 Å². The van der Waals surface area contributed by atoms with E-state index in [4.69, 9.17) is 0 Å². The molecule has 3 radical (unpaired) electrons. The monoisotopic (exact) mass is 2260 g/mol. The zero-order valence-electron chi connectivity index (χ0n) is 74.7. The maximum Gasteiger partial charge on any atom is 0.0541 e. The number of benzene rings is 14. The van der Waals surface area contributed by atoms with Crippen molar-refractivity contribution in [2.24, 2.45) is 0 Å². The van der Waals surface area contributed by atoms with Gasteiger partial charge in [-0.15, -0.1) is 215 Å². The normalized spacial score (nSPS) is 10.8. The Bertz CT molecular complexity index is 7440. The quantitative estimate of drug-likeness (QED) is 0.107. The first-order valence-electron chi connectivity index (χ1n) is 44.3. The smallest absolute Gasteiger partial charge is 0.0541 e. The summed E-state index contributed by atoms with van der Waals surface area (Å²) in [4.78, 5) is 26.8. The van der Waals surface area contributed by atoms with Gasteiger partial charge >= 0.3 is 0 Å². The summed E-state index contributed by atoms with van der Waals surface area (Å²) >= 11 is 0. The third kappa shape index (κ3) is 21.9. The zero-order valence-corrected chi connectivity index (χ0v) is 81.8. The standard InChI is InChI=1S/C35H23N2.C27H23N2.C23H15N2.2C13H12N.C11H8N.3Ir/c1-4-10-25(11-5-1)28-16-18-34-31(22-28)32-23-29(26-12-6-2-7-13-26)17-19-35(32)37(34)30-20-21-36-33(24-30)27-14-8-3-9-15-27;1-27(2,3)20-13-14-26-23(17-20)22-11-7-8-12-25(22)29(26)21-15-16-28-24(18-21)19-9-5-4-6-10-19;1-2-8-17(9-3-1)21-16-18(14-15-24-21)25-22-12-6-4-10-19(22)20-11-5-7-13-23(20)25;2*1-2-11-8-9-13(14-10-11)12-6-4-3-5-7-12;1-2-6-10(7-3-1)11-8-4-5-9-12-11;;;/h1-14,16-24H;4-9,11-18H,1-3H3;1-8,10-16H;2*3-6,8-10H,2H2,1H3;1-6,8-9H;;;/q6*-1;;;. The van der Waals surface area contributed by atoms with E-state index < -0.39 is 0 Å². The first kappa shape index (κ1) is 94.0. The molecule has 9 heterocycles. The Morgan fingerprint density at radius 1 is 0.224 bits per heavy atom. The SMILES string of the molecule is CC(C)(C)c1ccc2c(c1)c1ccccc1n2-c1ccnc(-c2[c-]cccc2)c1.CCc1ccc(-c2[c-]cccc2)nc1.CCc1ccc(-c2[c-]cccc2)nc1.[Ir].[Ir].[Ir].[c-]1ccccc1-c1cc(-n2c3ccc(-c4ccccc4)cc3c3cc(-c4ccccc4)ccc32)ccn1.[c-]1ccccc1-c1cc(-n2c3ccccc3c3ccccc32)ccn1.[c-]1ccccc1-c1ccccn1. The van der Waals surface area contributed by atoms with Crippen molar-refractivity contribution in [1.82, 2.24) is 43.6 Å². The van der Waals surface area contributed by atoms with Crippen molar-refractivity contribution < 1.29 is 60.3 Å². The predicted molar refractivity (Wildman–Crippen MR) is 542 cm³/mol. The minimum atomic E-state index is 0. The van der Waals surface area contributed by atoms with Crippen molar-refractivity contribution >= 4 is 65.4 Å². The number of fused-ring (bicyclic) bond motifs is 9. The molecule has 0 amide bonds. The molecule has 0 aliphatic heterocycles. The van der Waals surface area contributed by atoms with Gasteiger partial charge in [-0.3, -0.25) is 0 Å². The molecule has 659 valence electrons. The zero-order chi connectivity index (χ0) is 89.1. The molecule has 0 atom stereocenters. The average Bonchev–Trinajstić information content (AvgIpc) is 1.61. The summed E-state index contributed by atoms with van der Waals surface area (Å²) < 4.78 is 6.99. The molecule has 0 bridgehead atoms. The molecule has 0 unspecified atom stereocenters. The number of aromatic nitrogens is 9. The maximum absolute atomic E-state index is 4.64. The second kappa shape index (κ2) is 45.0. The van der Waals surface area contributed by atoms with Crippen molar-refractivity contribution in [1.29, 1.82) is 0 Å². The molecule has 0 aliphatic carbocycles. The molecule has 0 fully saturated rings. The van der Waals surface area contributed by atoms with Gasteiger partial charge in [0.05, 0.1) is 33.1 Å². The maximum atomic E-state index is 4.64. The van der Waals surface area contributed by atoms with Crippen LogP contribution in [-0.4, -0.2) is 43.6 Å². The van der Waals surface area contributed by atoms with E-state index >= 15 is 0 Å². The van der Waals surface area contributed by atoms with E-state index in [1.807, 2.05) is 201 Å². The van der Waals surface area contributed by atoms with Crippen LogP contribution in [0.3, 0.4) is 0 Å². The molecule has 0 spiro atoms. The van der Waals surface area contributed by atoms with Crippen molar-refractivity contribution in [2.75, 3.05) is 0 Å². The van der Waals surface area contributed by atoms with Crippen molar-refractivity contribution in [2.45, 2.75) is 52.9 Å². The van der Waals surface area contributed by atoms with Gasteiger partial charge < -0.3 is 43.6 Å². The molecule has 0 saturated heterocycles. The largest absolute Gasteiger partial charge is 0.310 e. The van der Waals surface area contributed by atoms with Crippen LogP contribution in [0.1, 0.15) is 51.3 Å². The van der Waals surface area contributed by atoms with Gasteiger partial charge in [0.15, 0.2) is 0 Å². The number of rotatable bonds is 13. The van der Waals surface area contributed by atoms with Crippen molar-refractivity contribution in [3.63, 3.8) is 0 Å². The Kier molecular flexibility index (Phi) is 31.5. The molecule has 14 aromatic carbocycles. The van der Waals surface area contributed by atoms with Crippen LogP contribution in [-0.2, 0) is 78.6 Å². The van der Waals surface area contributed by atoms with E-state index in [1.54, 1.807) is 6.20 Å². The third-order valence-corrected chi connectivity index (χ3v) is 23.1. The molecule has 0 N–H and O–H groups in total. The first-order valence-corrected chi connectivity index (χ1v) is 44.3. The van der Waals surface area contributed by atoms with Crippen LogP contribution in [0.2, 0.25) is 0 Å². The van der Waals surface area contributed by atoms with Crippen molar-refractivity contribution in [3.8, 4) is 107 Å². The van der Waals surface area contributed by atoms with Crippen LogP contribution in [0.25, 0.3) is 172 Å². The molecule has 23 rings (SSSR count). The first-order chi connectivity index (χ1) is 64.5. The van der Waals surface area contributed by atoms with E-state index in [9.17, 15) is 0 Å². The molecule has 9 aromatic heterocycles. The Hall–Kier alpha value is -14.7. The summed E-state index contributed by atoms with van der Waals surface area (Å²) in [6.07, 6.45) is 13.4. The van der Waals surface area contributed by atoms with E-state index in [-0.39, 0.29) is 65.7 Å². The molecule has 12 heteroatoms. The minimum absolute atomic E-state index is 0. The summed E-state index contributed by atoms with van der Waals surface area (Å²) in [7, 11) is 0. The predicted octanol–water partition coefficient (Wildman–Crippen LogP) is 30.3. The summed E-state index contributed by atoms with van der Waals surface area (Å²) in [5.41, 5.74) is 31.2. The van der Waals surface area contributed by atoms with Gasteiger partial charge in [-0.1, -0.05) is 223 Å². The fourth-order valence-electron chi connectivity index (χ4n) is 16.4. The number of aryl methyl sites for hydroxylation is 2. The number of hydrogen-bond donors (Lipinski definition) is 0. The average molecular weight is 2260 g/mol. The van der Waals surface area contributed by atoms with Crippen molar-refractivity contribution in [3.05, 3.63) is 503 Å². The fraction of sp³-hybridized carbons (Fsp3) is 0.0656. The number of para-hydroxylation sites is 3. The van der Waals surface area contributed by atoms with Crippen LogP contribution in [0.15, 0.2) is 450 Å². The molecule has 9 nitrogen and oxygen atoms in total. The van der Waals surface area contributed by atoms with E-state index in [0.717, 1.165) is 97.4 Å². The Balaban J connectivity index is 0.000000128. The van der Waals surface area contributed by atoms with Gasteiger partial charge in [0.25, 0.3) is 0 Å². The van der Waals surface area contributed by atoms with Gasteiger partial charge in [-0.05, 0) is 170 Å². The van der Waals surface area contributed by atoms with Gasteiger partial charge in [0.2, 0.25) is 0 Å². The molecular weight excluding hydrogens is 2170 g/mol. The van der Waals surface area contributed by atoms with E-state index in [2.05, 4.69) is 357 Å². The molecule has 0 aliphatic rings. The Labute approximate surface area is 824 Å². The minimum Gasteiger partial charge on any atom is -0.310 e. The summed E-state index contributed by atoms with van der Waals surface area (Å²) in [6.45, 7) is 11.0. The van der Waals surface area contributed by atoms with Crippen LogP contribution in [0.5, 0.6) is 0 Å². The van der Waals surface area contributed by atoms with Gasteiger partial charge in [0.1, 0.15) is 0 Å². The fourth-order valence-corrected chi connectivity index (χ4v) is 16.4. The van der Waals surface area contributed by atoms with Gasteiger partial charge in [-0.25, -0.2) is 0 Å². The Morgan fingerprint density at radius 2 is 0.515 bits per heavy atom. The van der Waals surface area contributed by atoms with Crippen LogP contribution in [0.4, 0.5) is 0 Å². The van der Waals surface area contributed by atoms with E-state index in [0.29, 0.717) is 0 Å². The summed E-state index contributed by atoms with van der Waals surface area (Å²) in [5, 5.41) is 7.57. The molecular formula is C122H93Ir3N9-6. The van der Waals surface area contributed by atoms with Gasteiger partial charge in [0, 0.05) is 147 Å². The van der Waals surface area contributed by atoms with Crippen LogP contribution >= 0.6 is 0 Å². The molecule has 23 aromatic rings. The van der Waals surface area contributed by atoms with Crippen LogP contribution in [0, 0.1) is 36.4 Å². The second-order valence-electron chi connectivity index (χ2n) is 32.6. The summed E-state index contributed by atoms with van der Waals surface area (Å²) in [5.74, 6) is 0. The number of hydrogen-bond acceptors (Lipinski definition) is 6. The molecule has 0 saturated carbocycles. The summed E-state index contributed by atoms with van der Waals surface area (Å²) in [6, 6.07) is 161. The molecule has 134 heavy (non-hydrogen) atoms. The Morgan fingerprint density at radius 3 is 0.828 bits per heavy atom. The topological polar surface area (TPSA) is 92.1 Å². The number of pyridine rings is 6. The van der Waals surface area contributed by atoms with E-state index in [1.165, 1.54) is 104 Å². The number of nitrogens with zero attached hydrogens (tertiary/aromatic N) is 9. The van der Waals surface area contributed by atoms with Crippen LogP contribution < -0.4 is 0 Å². The third-order valence-electron chi connectivity index (χ3n) is 23.1. The second-order valence-corrected chi connectivity index (χ2v) is 32.6.